The molecule has 0 radical (unpaired) electrons. The van der Waals surface area contributed by atoms with E-state index in [0.29, 0.717) is 18.2 Å². The average Bonchev–Trinajstić information content (AvgIpc) is 2.56. The van der Waals surface area contributed by atoms with Crippen molar-refractivity contribution in [2.75, 3.05) is 11.1 Å². The van der Waals surface area contributed by atoms with E-state index >= 15 is 0 Å². The molecule has 0 aliphatic carbocycles. The molecule has 0 aliphatic rings. The second-order valence-electron chi connectivity index (χ2n) is 4.56. The Kier molecular flexibility index (Phi) is 3.73. The van der Waals surface area contributed by atoms with Crippen LogP contribution in [-0.2, 0) is 6.54 Å². The molecule has 0 unspecified atom stereocenters. The first-order valence-electron chi connectivity index (χ1n) is 6.63. The fourth-order valence-corrected chi connectivity index (χ4v) is 1.97. The van der Waals surface area contributed by atoms with E-state index in [1.165, 1.54) is 0 Å². The highest BCUT2D eigenvalue weighted by molar-refractivity contribution is 5.64. The van der Waals surface area contributed by atoms with Crippen LogP contribution in [0.15, 0.2) is 61.1 Å². The first-order chi connectivity index (χ1) is 10.3. The molecule has 0 bridgehead atoms. The molecular weight excluding hydrogens is 262 g/mol. The molecule has 0 fully saturated rings. The van der Waals surface area contributed by atoms with Gasteiger partial charge < -0.3 is 11.1 Å². The Labute approximate surface area is 122 Å². The van der Waals surface area contributed by atoms with Gasteiger partial charge >= 0.3 is 0 Å². The van der Waals surface area contributed by atoms with Gasteiger partial charge in [-0.2, -0.15) is 0 Å². The molecule has 104 valence electrons. The van der Waals surface area contributed by atoms with E-state index in [9.17, 15) is 0 Å². The zero-order valence-corrected chi connectivity index (χ0v) is 11.4. The fourth-order valence-electron chi connectivity index (χ4n) is 1.97. The van der Waals surface area contributed by atoms with Gasteiger partial charge in [0.1, 0.15) is 0 Å². The van der Waals surface area contributed by atoms with E-state index in [2.05, 4.69) is 20.3 Å². The molecule has 0 atom stereocenters. The quantitative estimate of drug-likeness (QED) is 0.766. The van der Waals surface area contributed by atoms with Crippen LogP contribution in [0.2, 0.25) is 0 Å². The minimum atomic E-state index is 0.392. The van der Waals surface area contributed by atoms with E-state index in [-0.39, 0.29) is 0 Å². The van der Waals surface area contributed by atoms with Gasteiger partial charge in [0, 0.05) is 24.5 Å². The highest BCUT2D eigenvalue weighted by Gasteiger charge is 2.06. The Balaban J connectivity index is 1.82. The lowest BCUT2D eigenvalue weighted by molar-refractivity contribution is 1.09. The number of benzene rings is 1. The number of nitrogens with one attached hydrogen (secondary N) is 1. The number of hydrogen-bond acceptors (Lipinski definition) is 5. The van der Waals surface area contributed by atoms with Gasteiger partial charge in [-0.1, -0.05) is 30.3 Å². The number of anilines is 2. The van der Waals surface area contributed by atoms with Gasteiger partial charge in [-0.15, -0.1) is 0 Å². The third kappa shape index (κ3) is 3.14. The summed E-state index contributed by atoms with van der Waals surface area (Å²) in [7, 11) is 0. The van der Waals surface area contributed by atoms with Gasteiger partial charge in [0.15, 0.2) is 11.6 Å². The molecule has 2 aromatic heterocycles. The van der Waals surface area contributed by atoms with Crippen LogP contribution >= 0.6 is 0 Å². The zero-order chi connectivity index (χ0) is 14.5. The van der Waals surface area contributed by atoms with Gasteiger partial charge in [-0.25, -0.2) is 9.97 Å². The third-order valence-corrected chi connectivity index (χ3v) is 3.08. The monoisotopic (exact) mass is 277 g/mol. The summed E-state index contributed by atoms with van der Waals surface area (Å²) >= 11 is 0. The lowest BCUT2D eigenvalue weighted by Crippen LogP contribution is -2.06. The number of nitrogens with zero attached hydrogens (tertiary/aromatic N) is 3. The second kappa shape index (κ2) is 6.00. The molecule has 1 aromatic carbocycles. The smallest absolute Gasteiger partial charge is 0.169 e. The molecule has 5 nitrogen and oxygen atoms in total. The Hall–Kier alpha value is -2.95. The van der Waals surface area contributed by atoms with Gasteiger partial charge in [0.2, 0.25) is 0 Å². The first kappa shape index (κ1) is 13.1. The summed E-state index contributed by atoms with van der Waals surface area (Å²) in [6.07, 6.45) is 5.12. The molecule has 0 saturated carbocycles. The predicted molar refractivity (Wildman–Crippen MR) is 83.4 cm³/mol. The van der Waals surface area contributed by atoms with Crippen LogP contribution in [0.1, 0.15) is 5.56 Å². The molecular formula is C16H15N5. The van der Waals surface area contributed by atoms with Crippen LogP contribution in [0.5, 0.6) is 0 Å². The molecule has 5 heteroatoms. The Bertz CT molecular complexity index is 713. The summed E-state index contributed by atoms with van der Waals surface area (Å²) < 4.78 is 0. The van der Waals surface area contributed by atoms with E-state index in [1.807, 2.05) is 42.5 Å². The maximum Gasteiger partial charge on any atom is 0.169 e. The summed E-state index contributed by atoms with van der Waals surface area (Å²) in [5.41, 5.74) is 8.77. The van der Waals surface area contributed by atoms with E-state index in [0.717, 1.165) is 16.8 Å². The number of aromatic nitrogens is 3. The second-order valence-corrected chi connectivity index (χ2v) is 4.56. The summed E-state index contributed by atoms with van der Waals surface area (Å²) in [5, 5.41) is 3.23. The van der Waals surface area contributed by atoms with Crippen molar-refractivity contribution in [1.29, 1.82) is 0 Å². The van der Waals surface area contributed by atoms with E-state index in [4.69, 9.17) is 5.73 Å². The number of hydrogen-bond donors (Lipinski definition) is 2. The number of nitrogens with two attached hydrogens (primary N) is 1. The third-order valence-electron chi connectivity index (χ3n) is 3.08. The van der Waals surface area contributed by atoms with Crippen LogP contribution in [0.4, 0.5) is 11.6 Å². The topological polar surface area (TPSA) is 76.7 Å². The Morgan fingerprint density at radius 3 is 2.52 bits per heavy atom. The van der Waals surface area contributed by atoms with Crippen molar-refractivity contribution < 1.29 is 0 Å². The highest BCUT2D eigenvalue weighted by atomic mass is 15.1. The SMILES string of the molecule is Nc1ncc(-c2ccncc2)nc1NCc1ccccc1. The van der Waals surface area contributed by atoms with Gasteiger partial charge in [0.05, 0.1) is 11.9 Å². The lowest BCUT2D eigenvalue weighted by atomic mass is 10.2. The molecule has 0 amide bonds. The van der Waals surface area contributed by atoms with Crippen LogP contribution in [0.25, 0.3) is 11.3 Å². The largest absolute Gasteiger partial charge is 0.381 e. The normalized spacial score (nSPS) is 10.3. The molecule has 3 rings (SSSR count). The standard InChI is InChI=1S/C16H15N5/c17-15-16(20-10-12-4-2-1-3-5-12)21-14(11-19-15)13-6-8-18-9-7-13/h1-9,11H,10H2,(H2,17,19)(H,20,21). The first-order valence-corrected chi connectivity index (χ1v) is 6.63. The fraction of sp³-hybridized carbons (Fsp3) is 0.0625. The lowest BCUT2D eigenvalue weighted by Gasteiger charge is -2.09. The van der Waals surface area contributed by atoms with Crippen LogP contribution in [0, 0.1) is 0 Å². The van der Waals surface area contributed by atoms with Crippen molar-refractivity contribution in [3.8, 4) is 11.3 Å². The van der Waals surface area contributed by atoms with Crippen molar-refractivity contribution >= 4 is 11.6 Å². The number of nitrogen functional groups attached to an aromatic ring is 1. The van der Waals surface area contributed by atoms with Gasteiger partial charge in [0.25, 0.3) is 0 Å². The van der Waals surface area contributed by atoms with Crippen LogP contribution in [-0.4, -0.2) is 15.0 Å². The van der Waals surface area contributed by atoms with Crippen molar-refractivity contribution in [2.24, 2.45) is 0 Å². The Morgan fingerprint density at radius 2 is 1.76 bits per heavy atom. The molecule has 2 heterocycles. The highest BCUT2D eigenvalue weighted by Crippen LogP contribution is 2.20. The minimum absolute atomic E-state index is 0.392. The van der Waals surface area contributed by atoms with Crippen LogP contribution < -0.4 is 11.1 Å². The summed E-state index contributed by atoms with van der Waals surface area (Å²) in [5.74, 6) is 0.983. The molecule has 0 aliphatic heterocycles. The summed E-state index contributed by atoms with van der Waals surface area (Å²) in [4.78, 5) is 12.7. The van der Waals surface area contributed by atoms with Gasteiger partial charge in [-0.3, -0.25) is 4.98 Å². The maximum atomic E-state index is 5.88. The zero-order valence-electron chi connectivity index (χ0n) is 11.4. The molecule has 3 N–H and O–H groups in total. The van der Waals surface area contributed by atoms with E-state index in [1.54, 1.807) is 18.6 Å². The molecule has 3 aromatic rings. The molecule has 21 heavy (non-hydrogen) atoms. The van der Waals surface area contributed by atoms with Gasteiger partial charge in [-0.05, 0) is 17.7 Å². The molecule has 0 saturated heterocycles. The maximum absolute atomic E-state index is 5.88. The average molecular weight is 277 g/mol. The van der Waals surface area contributed by atoms with Crippen LogP contribution in [0.3, 0.4) is 0 Å². The summed E-state index contributed by atoms with van der Waals surface area (Å²) in [6.45, 7) is 0.652. The van der Waals surface area contributed by atoms with Crippen molar-refractivity contribution in [1.82, 2.24) is 15.0 Å². The molecule has 0 spiro atoms. The number of pyridine rings is 1. The summed E-state index contributed by atoms with van der Waals surface area (Å²) in [6, 6.07) is 13.9. The Morgan fingerprint density at radius 1 is 1.00 bits per heavy atom. The van der Waals surface area contributed by atoms with E-state index < -0.39 is 0 Å². The predicted octanol–water partition coefficient (Wildman–Crippen LogP) is 2.73. The van der Waals surface area contributed by atoms with Crippen molar-refractivity contribution in [2.45, 2.75) is 6.54 Å². The van der Waals surface area contributed by atoms with Crippen molar-refractivity contribution in [3.05, 3.63) is 66.6 Å². The van der Waals surface area contributed by atoms with Crippen molar-refractivity contribution in [3.63, 3.8) is 0 Å². The minimum Gasteiger partial charge on any atom is -0.381 e. The number of rotatable bonds is 4.